The van der Waals surface area contributed by atoms with Crippen molar-refractivity contribution >= 4 is 12.7 Å². The maximum absolute atomic E-state index is 10.9. The number of rotatable bonds is 4. The van der Waals surface area contributed by atoms with Crippen molar-refractivity contribution in [2.24, 2.45) is 5.10 Å². The molecule has 62 valence electrons. The van der Waals surface area contributed by atoms with E-state index in [4.69, 9.17) is 4.74 Å². The Bertz CT molecular complexity index is 175. The van der Waals surface area contributed by atoms with E-state index in [2.05, 4.69) is 17.2 Å². The van der Waals surface area contributed by atoms with E-state index in [1.54, 1.807) is 13.8 Å². The summed E-state index contributed by atoms with van der Waals surface area (Å²) in [5.74, 6) is -0.344. The molecule has 4 heteroatoms. The molecule has 1 N–H and O–H groups in total. The summed E-state index contributed by atoms with van der Waals surface area (Å²) in [4.78, 5) is 10.9. The van der Waals surface area contributed by atoms with Crippen LogP contribution in [-0.2, 0) is 9.53 Å². The molecule has 0 aliphatic heterocycles. The van der Waals surface area contributed by atoms with Gasteiger partial charge in [0.1, 0.15) is 0 Å². The Morgan fingerprint density at radius 1 is 1.82 bits per heavy atom. The highest BCUT2D eigenvalue weighted by molar-refractivity contribution is 5.87. The molecule has 0 saturated carbocycles. The summed E-state index contributed by atoms with van der Waals surface area (Å²) in [6.07, 6.45) is 1.44. The summed E-state index contributed by atoms with van der Waals surface area (Å²) in [5, 5.41) is 3.33. The van der Waals surface area contributed by atoms with Crippen molar-refractivity contribution in [2.45, 2.75) is 13.8 Å². The molecule has 0 atom stereocenters. The standard InChI is InChI=1S/C7H12N2O2/c1-4-11-7(10)6(2)5-9-8-3/h5,9H,3-4H2,1-2H3/b6-5+. The SMILES string of the molecule is C=NN/C=C(\C)C(=O)OCC. The van der Waals surface area contributed by atoms with Crippen LogP contribution in [0.25, 0.3) is 0 Å². The van der Waals surface area contributed by atoms with Crippen LogP contribution in [-0.4, -0.2) is 19.3 Å². The lowest BCUT2D eigenvalue weighted by Gasteiger charge is -1.99. The minimum Gasteiger partial charge on any atom is -0.463 e. The molecule has 0 unspecified atom stereocenters. The molecule has 0 rings (SSSR count). The van der Waals surface area contributed by atoms with E-state index in [1.807, 2.05) is 0 Å². The van der Waals surface area contributed by atoms with Gasteiger partial charge in [-0.2, -0.15) is 5.10 Å². The van der Waals surface area contributed by atoms with Gasteiger partial charge >= 0.3 is 5.97 Å². The molecule has 0 aromatic carbocycles. The number of esters is 1. The lowest BCUT2D eigenvalue weighted by molar-refractivity contribution is -0.138. The maximum Gasteiger partial charge on any atom is 0.335 e. The zero-order valence-corrected chi connectivity index (χ0v) is 6.76. The first kappa shape index (κ1) is 9.68. The average molecular weight is 156 g/mol. The highest BCUT2D eigenvalue weighted by atomic mass is 16.5. The summed E-state index contributed by atoms with van der Waals surface area (Å²) < 4.78 is 4.69. The summed E-state index contributed by atoms with van der Waals surface area (Å²) in [6.45, 7) is 6.95. The summed E-state index contributed by atoms with van der Waals surface area (Å²) in [6, 6.07) is 0. The summed E-state index contributed by atoms with van der Waals surface area (Å²) in [7, 11) is 0. The van der Waals surface area contributed by atoms with Gasteiger partial charge in [0.15, 0.2) is 0 Å². The van der Waals surface area contributed by atoms with Gasteiger partial charge in [-0.3, -0.25) is 5.43 Å². The molecule has 0 aromatic heterocycles. The van der Waals surface area contributed by atoms with E-state index >= 15 is 0 Å². The van der Waals surface area contributed by atoms with E-state index in [1.165, 1.54) is 6.20 Å². The predicted octanol–water partition coefficient (Wildman–Crippen LogP) is 0.659. The van der Waals surface area contributed by atoms with Crippen LogP contribution in [0.4, 0.5) is 0 Å². The molecule has 0 saturated heterocycles. The van der Waals surface area contributed by atoms with E-state index < -0.39 is 0 Å². The van der Waals surface area contributed by atoms with Crippen LogP contribution >= 0.6 is 0 Å². The van der Waals surface area contributed by atoms with Crippen molar-refractivity contribution in [2.75, 3.05) is 6.61 Å². The number of carbonyl (C=O) groups is 1. The Hall–Kier alpha value is -1.32. The van der Waals surface area contributed by atoms with E-state index in [9.17, 15) is 4.79 Å². The predicted molar refractivity (Wildman–Crippen MR) is 43.1 cm³/mol. The minimum atomic E-state index is -0.344. The first-order chi connectivity index (χ1) is 5.22. The highest BCUT2D eigenvalue weighted by Crippen LogP contribution is 1.93. The maximum atomic E-state index is 10.9. The van der Waals surface area contributed by atoms with E-state index in [0.717, 1.165) is 0 Å². The van der Waals surface area contributed by atoms with Gasteiger partial charge < -0.3 is 4.74 Å². The third-order valence-corrected chi connectivity index (χ3v) is 0.970. The molecule has 11 heavy (non-hydrogen) atoms. The number of hydrogen-bond donors (Lipinski definition) is 1. The molecule has 4 nitrogen and oxygen atoms in total. The molecule has 0 spiro atoms. The topological polar surface area (TPSA) is 50.7 Å². The second-order valence-corrected chi connectivity index (χ2v) is 1.84. The molecule has 0 fully saturated rings. The van der Waals surface area contributed by atoms with Crippen molar-refractivity contribution in [1.29, 1.82) is 0 Å². The first-order valence-electron chi connectivity index (χ1n) is 3.27. The normalized spacial score (nSPS) is 10.5. The van der Waals surface area contributed by atoms with E-state index in [-0.39, 0.29) is 5.97 Å². The van der Waals surface area contributed by atoms with Gasteiger partial charge in [0.05, 0.1) is 12.2 Å². The van der Waals surface area contributed by atoms with Crippen molar-refractivity contribution in [3.8, 4) is 0 Å². The lowest BCUT2D eigenvalue weighted by atomic mass is 10.3. The number of carbonyl (C=O) groups excluding carboxylic acids is 1. The molecule has 0 radical (unpaired) electrons. The van der Waals surface area contributed by atoms with Crippen LogP contribution < -0.4 is 5.43 Å². The number of ether oxygens (including phenoxy) is 1. The quantitative estimate of drug-likeness (QED) is 0.281. The monoisotopic (exact) mass is 156 g/mol. The third kappa shape index (κ3) is 4.13. The Morgan fingerprint density at radius 3 is 2.91 bits per heavy atom. The second kappa shape index (κ2) is 5.46. The van der Waals surface area contributed by atoms with Gasteiger partial charge in [0.25, 0.3) is 0 Å². The molecule has 0 aliphatic carbocycles. The number of hydrogen-bond acceptors (Lipinski definition) is 4. The Kier molecular flexibility index (Phi) is 4.81. The van der Waals surface area contributed by atoms with Crippen molar-refractivity contribution in [3.05, 3.63) is 11.8 Å². The van der Waals surface area contributed by atoms with Gasteiger partial charge in [-0.05, 0) is 13.8 Å². The smallest absolute Gasteiger partial charge is 0.335 e. The van der Waals surface area contributed by atoms with Gasteiger partial charge in [0.2, 0.25) is 0 Å². The highest BCUT2D eigenvalue weighted by Gasteiger charge is 2.02. The van der Waals surface area contributed by atoms with Crippen molar-refractivity contribution in [1.82, 2.24) is 5.43 Å². The van der Waals surface area contributed by atoms with E-state index in [0.29, 0.717) is 12.2 Å². The van der Waals surface area contributed by atoms with Gasteiger partial charge in [-0.25, -0.2) is 4.79 Å². The number of hydrazone groups is 1. The fourth-order valence-electron chi connectivity index (χ4n) is 0.446. The molecule has 0 aromatic rings. The average Bonchev–Trinajstić information content (AvgIpc) is 2.00. The fraction of sp³-hybridized carbons (Fsp3) is 0.429. The van der Waals surface area contributed by atoms with Gasteiger partial charge in [-0.1, -0.05) is 0 Å². The van der Waals surface area contributed by atoms with Crippen LogP contribution in [0.1, 0.15) is 13.8 Å². The Balaban J connectivity index is 3.89. The summed E-state index contributed by atoms with van der Waals surface area (Å²) >= 11 is 0. The zero-order chi connectivity index (χ0) is 8.69. The molecule has 0 heterocycles. The van der Waals surface area contributed by atoms with Crippen LogP contribution in [0.15, 0.2) is 16.9 Å². The zero-order valence-electron chi connectivity index (χ0n) is 6.76. The number of nitrogens with zero attached hydrogens (tertiary/aromatic N) is 1. The van der Waals surface area contributed by atoms with Crippen LogP contribution in [0.3, 0.4) is 0 Å². The third-order valence-electron chi connectivity index (χ3n) is 0.970. The first-order valence-corrected chi connectivity index (χ1v) is 3.27. The number of nitrogens with one attached hydrogen (secondary N) is 1. The van der Waals surface area contributed by atoms with Crippen molar-refractivity contribution in [3.63, 3.8) is 0 Å². The summed E-state index contributed by atoms with van der Waals surface area (Å²) in [5.41, 5.74) is 2.91. The Labute approximate surface area is 65.9 Å². The van der Waals surface area contributed by atoms with Crippen LogP contribution in [0.2, 0.25) is 0 Å². The van der Waals surface area contributed by atoms with Gasteiger partial charge in [0, 0.05) is 12.9 Å². The molecule has 0 amide bonds. The lowest BCUT2D eigenvalue weighted by Crippen LogP contribution is -2.07. The van der Waals surface area contributed by atoms with Crippen LogP contribution in [0.5, 0.6) is 0 Å². The second-order valence-electron chi connectivity index (χ2n) is 1.84. The largest absolute Gasteiger partial charge is 0.463 e. The van der Waals surface area contributed by atoms with Gasteiger partial charge in [-0.15, -0.1) is 0 Å². The van der Waals surface area contributed by atoms with Crippen LogP contribution in [0, 0.1) is 0 Å². The van der Waals surface area contributed by atoms with Crippen molar-refractivity contribution < 1.29 is 9.53 Å². The molecule has 0 bridgehead atoms. The molecule has 0 aliphatic rings. The molecular weight excluding hydrogens is 144 g/mol. The minimum absolute atomic E-state index is 0.344. The molecular formula is C7H12N2O2. The fourth-order valence-corrected chi connectivity index (χ4v) is 0.446. The Morgan fingerprint density at radius 2 is 2.45 bits per heavy atom.